The molecule has 1 aromatic rings. The average Bonchev–Trinajstić information content (AvgIpc) is 2.47. The summed E-state index contributed by atoms with van der Waals surface area (Å²) < 4.78 is 0. The normalized spacial score (nSPS) is 13.3. The van der Waals surface area contributed by atoms with Crippen LogP contribution in [0, 0.1) is 18.8 Å². The fourth-order valence-corrected chi connectivity index (χ4v) is 2.27. The van der Waals surface area contributed by atoms with Crippen LogP contribution < -0.4 is 5.32 Å². The quantitative estimate of drug-likeness (QED) is 0.595. The molecule has 1 rings (SSSR count). The largest absolute Gasteiger partial charge is 0.481 e. The van der Waals surface area contributed by atoms with Crippen LogP contribution in [0.15, 0.2) is 24.3 Å². The zero-order valence-electron chi connectivity index (χ0n) is 12.6. The van der Waals surface area contributed by atoms with E-state index in [0.29, 0.717) is 12.0 Å². The van der Waals surface area contributed by atoms with Crippen LogP contribution >= 0.6 is 0 Å². The van der Waals surface area contributed by atoms with Crippen LogP contribution in [0.1, 0.15) is 35.7 Å². The Morgan fingerprint density at radius 1 is 1.24 bits per heavy atom. The summed E-state index contributed by atoms with van der Waals surface area (Å²) in [5, 5.41) is 11.6. The van der Waals surface area contributed by atoms with Gasteiger partial charge in [-0.2, -0.15) is 0 Å². The van der Waals surface area contributed by atoms with Crippen molar-refractivity contribution >= 4 is 17.7 Å². The van der Waals surface area contributed by atoms with Crippen LogP contribution in [-0.4, -0.2) is 29.8 Å². The number of carbonyl (C=O) groups is 3. The molecule has 1 aromatic carbocycles. The molecular weight excluding hydrogens is 270 g/mol. The third-order valence-electron chi connectivity index (χ3n) is 3.65. The molecule has 0 radical (unpaired) electrons. The summed E-state index contributed by atoms with van der Waals surface area (Å²) in [4.78, 5) is 35.7. The number of hydrogen-bond donors (Lipinski definition) is 2. The molecule has 1 amide bonds. The summed E-state index contributed by atoms with van der Waals surface area (Å²) in [6.45, 7) is 3.53. The van der Waals surface area contributed by atoms with Gasteiger partial charge in [-0.05, 0) is 25.3 Å². The first kappa shape index (κ1) is 16.9. The number of aliphatic carboxylic acids is 1. The number of hydrogen-bond acceptors (Lipinski definition) is 3. The van der Waals surface area contributed by atoms with E-state index in [4.69, 9.17) is 5.11 Å². The standard InChI is InChI=1S/C16H21NO4/c1-4-11(16(20)21)9-13(15(19)17-3)14(18)12-8-6-5-7-10(12)2/h5-8,11,13H,4,9H2,1-3H3,(H,17,19)(H,20,21). The van der Waals surface area contributed by atoms with Gasteiger partial charge >= 0.3 is 5.97 Å². The Balaban J connectivity index is 3.08. The highest BCUT2D eigenvalue weighted by Gasteiger charge is 2.32. The number of carboxylic acid groups (broad SMARTS) is 1. The van der Waals surface area contributed by atoms with Crippen molar-refractivity contribution < 1.29 is 19.5 Å². The Morgan fingerprint density at radius 2 is 1.86 bits per heavy atom. The maximum absolute atomic E-state index is 12.6. The monoisotopic (exact) mass is 291 g/mol. The summed E-state index contributed by atoms with van der Waals surface area (Å²) >= 11 is 0. The Morgan fingerprint density at radius 3 is 2.33 bits per heavy atom. The van der Waals surface area contributed by atoms with E-state index < -0.39 is 23.7 Å². The number of amides is 1. The molecule has 0 spiro atoms. The number of nitrogens with one attached hydrogen (secondary N) is 1. The zero-order chi connectivity index (χ0) is 16.0. The van der Waals surface area contributed by atoms with Crippen LogP contribution in [0.2, 0.25) is 0 Å². The van der Waals surface area contributed by atoms with E-state index in [9.17, 15) is 14.4 Å². The second kappa shape index (κ2) is 7.57. The van der Waals surface area contributed by atoms with Gasteiger partial charge in [0.1, 0.15) is 5.92 Å². The molecule has 0 bridgehead atoms. The molecule has 0 fully saturated rings. The minimum Gasteiger partial charge on any atom is -0.481 e. The van der Waals surface area contributed by atoms with Crippen molar-refractivity contribution in [3.8, 4) is 0 Å². The first-order valence-electron chi connectivity index (χ1n) is 6.96. The van der Waals surface area contributed by atoms with Crippen LogP contribution in [0.3, 0.4) is 0 Å². The molecule has 0 aliphatic heterocycles. The molecule has 2 atom stereocenters. The first-order valence-corrected chi connectivity index (χ1v) is 6.96. The number of ketones is 1. The van der Waals surface area contributed by atoms with E-state index >= 15 is 0 Å². The predicted molar refractivity (Wildman–Crippen MR) is 79.1 cm³/mol. The molecule has 21 heavy (non-hydrogen) atoms. The molecule has 0 saturated carbocycles. The van der Waals surface area contributed by atoms with Crippen molar-refractivity contribution in [2.75, 3.05) is 7.05 Å². The minimum atomic E-state index is -0.982. The number of carboxylic acids is 1. The van der Waals surface area contributed by atoms with Crippen molar-refractivity contribution in [1.82, 2.24) is 5.32 Å². The van der Waals surface area contributed by atoms with E-state index in [1.165, 1.54) is 7.05 Å². The van der Waals surface area contributed by atoms with Gasteiger partial charge in [0.25, 0.3) is 0 Å². The molecule has 5 heteroatoms. The van der Waals surface area contributed by atoms with Crippen molar-refractivity contribution in [1.29, 1.82) is 0 Å². The molecule has 0 aliphatic rings. The summed E-state index contributed by atoms with van der Waals surface area (Å²) in [6, 6.07) is 7.00. The first-order chi connectivity index (χ1) is 9.92. The van der Waals surface area contributed by atoms with E-state index in [0.717, 1.165) is 5.56 Å². The Bertz CT molecular complexity index is 539. The molecule has 2 unspecified atom stereocenters. The van der Waals surface area contributed by atoms with Gasteiger partial charge in [0, 0.05) is 12.6 Å². The minimum absolute atomic E-state index is 0.0126. The van der Waals surface area contributed by atoms with Gasteiger partial charge in [-0.25, -0.2) is 0 Å². The number of aryl methyl sites for hydroxylation is 1. The second-order valence-corrected chi connectivity index (χ2v) is 5.03. The lowest BCUT2D eigenvalue weighted by atomic mass is 9.85. The van der Waals surface area contributed by atoms with Crippen LogP contribution in [0.25, 0.3) is 0 Å². The lowest BCUT2D eigenvalue weighted by molar-refractivity contribution is -0.142. The van der Waals surface area contributed by atoms with E-state index in [1.54, 1.807) is 32.0 Å². The van der Waals surface area contributed by atoms with E-state index in [-0.39, 0.29) is 12.2 Å². The van der Waals surface area contributed by atoms with Gasteiger partial charge in [0.15, 0.2) is 5.78 Å². The van der Waals surface area contributed by atoms with Gasteiger partial charge < -0.3 is 10.4 Å². The molecule has 0 aliphatic carbocycles. The van der Waals surface area contributed by atoms with Gasteiger partial charge in [-0.15, -0.1) is 0 Å². The highest BCUT2D eigenvalue weighted by Crippen LogP contribution is 2.22. The summed E-state index contributed by atoms with van der Waals surface area (Å²) in [5.41, 5.74) is 1.24. The van der Waals surface area contributed by atoms with Crippen LogP contribution in [0.4, 0.5) is 0 Å². The highest BCUT2D eigenvalue weighted by atomic mass is 16.4. The SMILES string of the molecule is CCC(CC(C(=O)NC)C(=O)c1ccccc1C)C(=O)O. The lowest BCUT2D eigenvalue weighted by Gasteiger charge is -2.19. The van der Waals surface area contributed by atoms with Gasteiger partial charge in [-0.1, -0.05) is 31.2 Å². The molecule has 0 saturated heterocycles. The van der Waals surface area contributed by atoms with E-state index in [2.05, 4.69) is 5.32 Å². The van der Waals surface area contributed by atoms with Crippen molar-refractivity contribution in [3.05, 3.63) is 35.4 Å². The average molecular weight is 291 g/mol. The third-order valence-corrected chi connectivity index (χ3v) is 3.65. The fraction of sp³-hybridized carbons (Fsp3) is 0.438. The van der Waals surface area contributed by atoms with Gasteiger partial charge in [0.05, 0.1) is 5.92 Å². The highest BCUT2D eigenvalue weighted by molar-refractivity contribution is 6.10. The predicted octanol–water partition coefficient (Wildman–Crippen LogP) is 2.04. The Labute approximate surface area is 124 Å². The maximum atomic E-state index is 12.6. The number of benzene rings is 1. The van der Waals surface area contributed by atoms with Gasteiger partial charge in [-0.3, -0.25) is 14.4 Å². The zero-order valence-corrected chi connectivity index (χ0v) is 12.6. The molecule has 5 nitrogen and oxygen atoms in total. The van der Waals surface area contributed by atoms with Crippen molar-refractivity contribution in [2.45, 2.75) is 26.7 Å². The van der Waals surface area contributed by atoms with Gasteiger partial charge in [0.2, 0.25) is 5.91 Å². The topological polar surface area (TPSA) is 83.5 Å². The molecular formula is C16H21NO4. The molecule has 0 heterocycles. The van der Waals surface area contributed by atoms with E-state index in [1.807, 2.05) is 6.07 Å². The molecule has 2 N–H and O–H groups in total. The lowest BCUT2D eigenvalue weighted by Crippen LogP contribution is -2.36. The van der Waals surface area contributed by atoms with Crippen LogP contribution in [0.5, 0.6) is 0 Å². The summed E-state index contributed by atoms with van der Waals surface area (Å²) in [6.07, 6.45) is 0.391. The molecule has 0 aromatic heterocycles. The Kier molecular flexibility index (Phi) is 6.09. The number of Topliss-reactive ketones (excluding diaryl/α,β-unsaturated/α-hetero) is 1. The van der Waals surface area contributed by atoms with Crippen LogP contribution in [-0.2, 0) is 9.59 Å². The second-order valence-electron chi connectivity index (χ2n) is 5.03. The summed E-state index contributed by atoms with van der Waals surface area (Å²) in [5.74, 6) is -3.43. The Hall–Kier alpha value is -2.17. The summed E-state index contributed by atoms with van der Waals surface area (Å²) in [7, 11) is 1.45. The number of carbonyl (C=O) groups excluding carboxylic acids is 2. The third kappa shape index (κ3) is 4.15. The van der Waals surface area contributed by atoms with Crippen molar-refractivity contribution in [3.63, 3.8) is 0 Å². The maximum Gasteiger partial charge on any atom is 0.306 e. The molecule has 114 valence electrons. The smallest absolute Gasteiger partial charge is 0.306 e. The number of rotatable bonds is 7. The fourth-order valence-electron chi connectivity index (χ4n) is 2.27. The van der Waals surface area contributed by atoms with Crippen molar-refractivity contribution in [2.24, 2.45) is 11.8 Å².